The standard InChI is InChI=1S/C13H11N3O3S/c17-12(10-7-14-20-15-10)16-5-1-2-8-6-9(13(18)19)3-4-11(8)16/h3-4,6-7H,1-2,5H2,(H,18,19). The van der Waals surface area contributed by atoms with Gasteiger partial charge in [-0.05, 0) is 36.6 Å². The van der Waals surface area contributed by atoms with Crippen LogP contribution in [0.25, 0.3) is 0 Å². The first-order valence-corrected chi connectivity index (χ1v) is 6.85. The first kappa shape index (κ1) is 12.7. The summed E-state index contributed by atoms with van der Waals surface area (Å²) in [5.74, 6) is -1.15. The van der Waals surface area contributed by atoms with Crippen molar-refractivity contribution in [2.75, 3.05) is 11.4 Å². The monoisotopic (exact) mass is 289 g/mol. The fraction of sp³-hybridized carbons (Fsp3) is 0.231. The van der Waals surface area contributed by atoms with Crippen molar-refractivity contribution in [3.8, 4) is 0 Å². The highest BCUT2D eigenvalue weighted by Gasteiger charge is 2.25. The van der Waals surface area contributed by atoms with Crippen molar-refractivity contribution in [1.82, 2.24) is 8.75 Å². The average Bonchev–Trinajstić information content (AvgIpc) is 2.99. The summed E-state index contributed by atoms with van der Waals surface area (Å²) in [6.07, 6.45) is 3.03. The molecular weight excluding hydrogens is 278 g/mol. The van der Waals surface area contributed by atoms with Crippen molar-refractivity contribution in [2.45, 2.75) is 12.8 Å². The molecule has 2 aromatic rings. The van der Waals surface area contributed by atoms with Gasteiger partial charge < -0.3 is 10.0 Å². The lowest BCUT2D eigenvalue weighted by molar-refractivity contribution is 0.0696. The summed E-state index contributed by atoms with van der Waals surface area (Å²) in [6.45, 7) is 0.607. The van der Waals surface area contributed by atoms with Crippen LogP contribution < -0.4 is 4.90 Å². The van der Waals surface area contributed by atoms with Crippen LogP contribution in [0, 0.1) is 0 Å². The molecule has 0 saturated heterocycles. The van der Waals surface area contributed by atoms with E-state index in [-0.39, 0.29) is 11.5 Å². The minimum atomic E-state index is -0.958. The van der Waals surface area contributed by atoms with Gasteiger partial charge in [0.05, 0.1) is 23.5 Å². The Morgan fingerprint density at radius 1 is 1.35 bits per heavy atom. The summed E-state index contributed by atoms with van der Waals surface area (Å²) in [5, 5.41) is 9.01. The molecule has 0 atom stereocenters. The van der Waals surface area contributed by atoms with E-state index in [1.807, 2.05) is 0 Å². The molecule has 1 amide bonds. The Balaban J connectivity index is 1.98. The first-order chi connectivity index (χ1) is 9.66. The number of aromatic nitrogens is 2. The highest BCUT2D eigenvalue weighted by atomic mass is 32.1. The van der Waals surface area contributed by atoms with Crippen LogP contribution in [0.1, 0.15) is 32.8 Å². The Morgan fingerprint density at radius 3 is 2.90 bits per heavy atom. The molecule has 0 fully saturated rings. The molecule has 1 N–H and O–H groups in total. The van der Waals surface area contributed by atoms with Crippen molar-refractivity contribution < 1.29 is 14.7 Å². The fourth-order valence-corrected chi connectivity index (χ4v) is 2.75. The maximum atomic E-state index is 12.4. The summed E-state index contributed by atoms with van der Waals surface area (Å²) in [4.78, 5) is 25.0. The van der Waals surface area contributed by atoms with Gasteiger partial charge in [-0.2, -0.15) is 8.75 Å². The maximum absolute atomic E-state index is 12.4. The van der Waals surface area contributed by atoms with E-state index in [1.165, 1.54) is 12.3 Å². The summed E-state index contributed by atoms with van der Waals surface area (Å²) in [7, 11) is 0. The smallest absolute Gasteiger partial charge is 0.335 e. The molecule has 0 spiro atoms. The maximum Gasteiger partial charge on any atom is 0.335 e. The van der Waals surface area contributed by atoms with Crippen LogP contribution in [0.3, 0.4) is 0 Å². The fourth-order valence-electron chi connectivity index (χ4n) is 2.34. The molecule has 0 bridgehead atoms. The molecule has 0 unspecified atom stereocenters. The molecule has 2 heterocycles. The molecule has 1 aromatic heterocycles. The molecule has 20 heavy (non-hydrogen) atoms. The van der Waals surface area contributed by atoms with Gasteiger partial charge >= 0.3 is 5.97 Å². The van der Waals surface area contributed by atoms with Gasteiger partial charge in [-0.1, -0.05) is 0 Å². The first-order valence-electron chi connectivity index (χ1n) is 6.12. The van der Waals surface area contributed by atoms with Crippen molar-refractivity contribution in [3.63, 3.8) is 0 Å². The second-order valence-electron chi connectivity index (χ2n) is 4.50. The number of hydrogen-bond donors (Lipinski definition) is 1. The molecule has 1 aromatic carbocycles. The van der Waals surface area contributed by atoms with Gasteiger partial charge in [0.2, 0.25) is 0 Å². The lowest BCUT2D eigenvalue weighted by Crippen LogP contribution is -2.35. The van der Waals surface area contributed by atoms with E-state index >= 15 is 0 Å². The number of nitrogens with zero attached hydrogens (tertiary/aromatic N) is 3. The predicted molar refractivity (Wildman–Crippen MR) is 73.3 cm³/mol. The number of hydrogen-bond acceptors (Lipinski definition) is 5. The van der Waals surface area contributed by atoms with Crippen molar-refractivity contribution in [1.29, 1.82) is 0 Å². The molecule has 1 aliphatic heterocycles. The van der Waals surface area contributed by atoms with E-state index in [0.717, 1.165) is 35.8 Å². The number of fused-ring (bicyclic) bond motifs is 1. The Hall–Kier alpha value is -2.28. The third-order valence-electron chi connectivity index (χ3n) is 3.27. The largest absolute Gasteiger partial charge is 0.478 e. The number of rotatable bonds is 2. The molecular formula is C13H11N3O3S. The number of amides is 1. The Bertz CT molecular complexity index is 670. The molecule has 102 valence electrons. The van der Waals surface area contributed by atoms with Gasteiger partial charge in [0.25, 0.3) is 5.91 Å². The SMILES string of the molecule is O=C(O)c1ccc2c(c1)CCCN2C(=O)c1cnsn1. The highest BCUT2D eigenvalue weighted by molar-refractivity contribution is 6.99. The predicted octanol–water partition coefficient (Wildman–Crippen LogP) is 1.83. The van der Waals surface area contributed by atoms with Crippen LogP contribution in [0.5, 0.6) is 0 Å². The zero-order valence-electron chi connectivity index (χ0n) is 10.4. The van der Waals surface area contributed by atoms with Crippen molar-refractivity contribution in [3.05, 3.63) is 41.2 Å². The van der Waals surface area contributed by atoms with Gasteiger partial charge in [0, 0.05) is 12.2 Å². The van der Waals surface area contributed by atoms with Crippen LogP contribution in [0.4, 0.5) is 5.69 Å². The van der Waals surface area contributed by atoms with E-state index in [2.05, 4.69) is 8.75 Å². The zero-order chi connectivity index (χ0) is 14.1. The lowest BCUT2D eigenvalue weighted by Gasteiger charge is -2.29. The molecule has 7 heteroatoms. The molecule has 6 nitrogen and oxygen atoms in total. The minimum absolute atomic E-state index is 0.192. The Morgan fingerprint density at radius 2 is 2.20 bits per heavy atom. The van der Waals surface area contributed by atoms with E-state index in [1.54, 1.807) is 17.0 Å². The van der Waals surface area contributed by atoms with Crippen LogP contribution in [-0.4, -0.2) is 32.3 Å². The summed E-state index contributed by atoms with van der Waals surface area (Å²) < 4.78 is 7.79. The van der Waals surface area contributed by atoms with Crippen LogP contribution >= 0.6 is 11.7 Å². The quantitative estimate of drug-likeness (QED) is 0.911. The van der Waals surface area contributed by atoms with E-state index in [4.69, 9.17) is 5.11 Å². The van der Waals surface area contributed by atoms with E-state index in [0.29, 0.717) is 12.2 Å². The van der Waals surface area contributed by atoms with E-state index < -0.39 is 5.97 Å². The van der Waals surface area contributed by atoms with Crippen LogP contribution in [-0.2, 0) is 6.42 Å². The zero-order valence-corrected chi connectivity index (χ0v) is 11.3. The second kappa shape index (κ2) is 5.01. The van der Waals surface area contributed by atoms with Crippen molar-refractivity contribution in [2.24, 2.45) is 0 Å². The number of aryl methyl sites for hydroxylation is 1. The van der Waals surface area contributed by atoms with E-state index in [9.17, 15) is 9.59 Å². The highest BCUT2D eigenvalue weighted by Crippen LogP contribution is 2.29. The number of anilines is 1. The normalized spacial score (nSPS) is 13.9. The number of benzene rings is 1. The number of carbonyl (C=O) groups excluding carboxylic acids is 1. The summed E-state index contributed by atoms with van der Waals surface area (Å²) >= 11 is 0.994. The topological polar surface area (TPSA) is 83.4 Å². The van der Waals surface area contributed by atoms with Gasteiger partial charge in [0.1, 0.15) is 0 Å². The summed E-state index contributed by atoms with van der Waals surface area (Å²) in [6, 6.07) is 4.85. The third kappa shape index (κ3) is 2.16. The minimum Gasteiger partial charge on any atom is -0.478 e. The lowest BCUT2D eigenvalue weighted by atomic mass is 9.99. The molecule has 0 saturated carbocycles. The Labute approximate surface area is 119 Å². The van der Waals surface area contributed by atoms with Crippen LogP contribution in [0.2, 0.25) is 0 Å². The van der Waals surface area contributed by atoms with Crippen molar-refractivity contribution >= 4 is 29.3 Å². The number of carboxylic acid groups (broad SMARTS) is 1. The third-order valence-corrected chi connectivity index (χ3v) is 3.75. The molecule has 1 aliphatic rings. The molecule has 0 radical (unpaired) electrons. The average molecular weight is 289 g/mol. The van der Waals surface area contributed by atoms with Gasteiger partial charge in [-0.25, -0.2) is 4.79 Å². The number of aromatic carboxylic acids is 1. The Kier molecular flexibility index (Phi) is 3.19. The van der Waals surface area contributed by atoms with Crippen LogP contribution in [0.15, 0.2) is 24.4 Å². The second-order valence-corrected chi connectivity index (χ2v) is 5.06. The molecule has 0 aliphatic carbocycles. The van der Waals surface area contributed by atoms with Gasteiger partial charge in [0.15, 0.2) is 5.69 Å². The number of carbonyl (C=O) groups is 2. The van der Waals surface area contributed by atoms with Gasteiger partial charge in [-0.15, -0.1) is 0 Å². The number of carboxylic acids is 1. The summed E-state index contributed by atoms with van der Waals surface area (Å²) in [5.41, 5.74) is 2.21. The molecule has 3 rings (SSSR count). The van der Waals surface area contributed by atoms with Gasteiger partial charge in [-0.3, -0.25) is 4.79 Å².